The molecule has 0 saturated carbocycles. The van der Waals surface area contributed by atoms with Crippen LogP contribution in [-0.4, -0.2) is 11.0 Å². The Labute approximate surface area is 58.1 Å². The van der Waals surface area contributed by atoms with Gasteiger partial charge in [-0.25, -0.2) is 0 Å². The van der Waals surface area contributed by atoms with E-state index in [1.165, 1.54) is 6.26 Å². The first-order chi connectivity index (χ1) is 4.34. The third-order valence-corrected chi connectivity index (χ3v) is 1.31. The first-order valence-electron chi connectivity index (χ1n) is 2.62. The molecule has 1 aromatic heterocycles. The molecule has 0 aliphatic carbocycles. The molecule has 9 heavy (non-hydrogen) atoms. The van der Waals surface area contributed by atoms with Crippen LogP contribution in [0.15, 0.2) is 22.8 Å². The number of rotatable bonds is 2. The van der Waals surface area contributed by atoms with Gasteiger partial charge in [0.05, 0.1) is 12.1 Å². The number of furan rings is 1. The highest BCUT2D eigenvalue weighted by Gasteiger charge is 2.06. The van der Waals surface area contributed by atoms with Crippen molar-refractivity contribution in [1.29, 1.82) is 0 Å². The van der Waals surface area contributed by atoms with Crippen molar-refractivity contribution < 1.29 is 9.52 Å². The van der Waals surface area contributed by atoms with Crippen LogP contribution in [0.1, 0.15) is 11.9 Å². The number of hydrogen-bond donors (Lipinski definition) is 1. The van der Waals surface area contributed by atoms with Crippen molar-refractivity contribution in [3.8, 4) is 0 Å². The number of aliphatic hydroxyl groups is 1. The Hall–Kier alpha value is -0.470. The zero-order valence-corrected chi connectivity index (χ0v) is 5.51. The standard InChI is InChI=1S/C6H7ClO2/c7-4-5(8)6-2-1-3-9-6/h1-3,5,8H,4H2. The highest BCUT2D eigenvalue weighted by molar-refractivity contribution is 6.18. The Morgan fingerprint density at radius 2 is 2.56 bits per heavy atom. The minimum atomic E-state index is -0.665. The van der Waals surface area contributed by atoms with Gasteiger partial charge in [0, 0.05) is 0 Å². The first-order valence-corrected chi connectivity index (χ1v) is 3.15. The first kappa shape index (κ1) is 6.65. The summed E-state index contributed by atoms with van der Waals surface area (Å²) in [7, 11) is 0. The summed E-state index contributed by atoms with van der Waals surface area (Å²) < 4.78 is 4.85. The monoisotopic (exact) mass is 146 g/mol. The van der Waals surface area contributed by atoms with Crippen LogP contribution in [0.25, 0.3) is 0 Å². The highest BCUT2D eigenvalue weighted by atomic mass is 35.5. The third-order valence-electron chi connectivity index (χ3n) is 1.02. The van der Waals surface area contributed by atoms with E-state index < -0.39 is 6.10 Å². The van der Waals surface area contributed by atoms with Gasteiger partial charge in [0.15, 0.2) is 0 Å². The molecule has 0 aliphatic heterocycles. The predicted octanol–water partition coefficient (Wildman–Crippen LogP) is 1.55. The maximum Gasteiger partial charge on any atom is 0.133 e. The Morgan fingerprint density at radius 3 is 3.00 bits per heavy atom. The fraction of sp³-hybridized carbons (Fsp3) is 0.333. The molecule has 0 fully saturated rings. The fourth-order valence-electron chi connectivity index (χ4n) is 0.557. The minimum absolute atomic E-state index is 0.174. The lowest BCUT2D eigenvalue weighted by Gasteiger charge is -1.99. The van der Waals surface area contributed by atoms with Crippen molar-refractivity contribution in [2.75, 3.05) is 5.88 Å². The molecule has 1 unspecified atom stereocenters. The van der Waals surface area contributed by atoms with E-state index in [1.807, 2.05) is 0 Å². The molecule has 0 aliphatic rings. The average Bonchev–Trinajstić information content (AvgIpc) is 2.37. The van der Waals surface area contributed by atoms with E-state index in [1.54, 1.807) is 12.1 Å². The number of aliphatic hydroxyl groups excluding tert-OH is 1. The molecule has 1 heterocycles. The number of hydrogen-bond acceptors (Lipinski definition) is 2. The van der Waals surface area contributed by atoms with E-state index in [2.05, 4.69) is 0 Å². The maximum absolute atomic E-state index is 8.99. The van der Waals surface area contributed by atoms with E-state index >= 15 is 0 Å². The minimum Gasteiger partial charge on any atom is -0.467 e. The van der Waals surface area contributed by atoms with Crippen LogP contribution in [0.5, 0.6) is 0 Å². The van der Waals surface area contributed by atoms with Gasteiger partial charge in [-0.2, -0.15) is 0 Å². The van der Waals surface area contributed by atoms with Gasteiger partial charge in [-0.3, -0.25) is 0 Å². The van der Waals surface area contributed by atoms with Gasteiger partial charge in [0.1, 0.15) is 11.9 Å². The van der Waals surface area contributed by atoms with Crippen molar-refractivity contribution in [2.24, 2.45) is 0 Å². The van der Waals surface area contributed by atoms with Crippen LogP contribution in [0.3, 0.4) is 0 Å². The van der Waals surface area contributed by atoms with Gasteiger partial charge in [0.25, 0.3) is 0 Å². The molecule has 0 bridgehead atoms. The zero-order valence-electron chi connectivity index (χ0n) is 4.75. The number of halogens is 1. The Kier molecular flexibility index (Phi) is 2.14. The van der Waals surface area contributed by atoms with Crippen molar-refractivity contribution in [3.63, 3.8) is 0 Å². The summed E-state index contributed by atoms with van der Waals surface area (Å²) in [6.45, 7) is 0. The van der Waals surface area contributed by atoms with Gasteiger partial charge in [-0.1, -0.05) is 0 Å². The molecular weight excluding hydrogens is 140 g/mol. The topological polar surface area (TPSA) is 33.4 Å². The summed E-state index contributed by atoms with van der Waals surface area (Å²) >= 11 is 5.33. The quantitative estimate of drug-likeness (QED) is 0.643. The van der Waals surface area contributed by atoms with E-state index in [0.29, 0.717) is 5.76 Å². The SMILES string of the molecule is OC(CCl)c1ccco1. The van der Waals surface area contributed by atoms with Crippen LogP contribution in [0.4, 0.5) is 0 Å². The van der Waals surface area contributed by atoms with Crippen molar-refractivity contribution in [2.45, 2.75) is 6.10 Å². The van der Waals surface area contributed by atoms with E-state index in [9.17, 15) is 0 Å². The predicted molar refractivity (Wildman–Crippen MR) is 34.4 cm³/mol. The van der Waals surface area contributed by atoms with E-state index in [0.717, 1.165) is 0 Å². The lowest BCUT2D eigenvalue weighted by atomic mass is 10.3. The molecule has 1 rings (SSSR count). The average molecular weight is 147 g/mol. The van der Waals surface area contributed by atoms with Crippen LogP contribution in [-0.2, 0) is 0 Å². The van der Waals surface area contributed by atoms with Crippen LogP contribution in [0.2, 0.25) is 0 Å². The van der Waals surface area contributed by atoms with Crippen LogP contribution in [0, 0.1) is 0 Å². The van der Waals surface area contributed by atoms with Crippen LogP contribution < -0.4 is 0 Å². The van der Waals surface area contributed by atoms with E-state index in [4.69, 9.17) is 21.1 Å². The van der Waals surface area contributed by atoms with Gasteiger partial charge in [-0.05, 0) is 12.1 Å². The molecule has 3 heteroatoms. The molecule has 0 radical (unpaired) electrons. The molecule has 2 nitrogen and oxygen atoms in total. The fourth-order valence-corrected chi connectivity index (χ4v) is 0.709. The lowest BCUT2D eigenvalue weighted by molar-refractivity contribution is 0.172. The van der Waals surface area contributed by atoms with Gasteiger partial charge in [-0.15, -0.1) is 11.6 Å². The molecular formula is C6H7ClO2. The molecule has 0 amide bonds. The number of alkyl halides is 1. The highest BCUT2D eigenvalue weighted by Crippen LogP contribution is 2.13. The Balaban J connectivity index is 2.65. The molecule has 0 spiro atoms. The smallest absolute Gasteiger partial charge is 0.133 e. The van der Waals surface area contributed by atoms with Crippen molar-refractivity contribution in [3.05, 3.63) is 24.2 Å². The maximum atomic E-state index is 8.99. The second-order valence-electron chi connectivity index (χ2n) is 1.69. The molecule has 1 aromatic rings. The summed E-state index contributed by atoms with van der Waals surface area (Å²) in [6.07, 6.45) is 0.840. The summed E-state index contributed by atoms with van der Waals surface area (Å²) in [6, 6.07) is 3.40. The molecule has 0 saturated heterocycles. The van der Waals surface area contributed by atoms with Crippen molar-refractivity contribution in [1.82, 2.24) is 0 Å². The Morgan fingerprint density at radius 1 is 1.78 bits per heavy atom. The van der Waals surface area contributed by atoms with Crippen molar-refractivity contribution >= 4 is 11.6 Å². The molecule has 0 aromatic carbocycles. The van der Waals surface area contributed by atoms with Gasteiger partial charge in [0.2, 0.25) is 0 Å². The molecule has 1 atom stereocenters. The van der Waals surface area contributed by atoms with E-state index in [-0.39, 0.29) is 5.88 Å². The second-order valence-corrected chi connectivity index (χ2v) is 1.99. The summed E-state index contributed by atoms with van der Waals surface area (Å²) in [5.41, 5.74) is 0. The zero-order chi connectivity index (χ0) is 6.69. The summed E-state index contributed by atoms with van der Waals surface area (Å²) in [5, 5.41) is 8.99. The largest absolute Gasteiger partial charge is 0.467 e. The van der Waals surface area contributed by atoms with Gasteiger partial charge < -0.3 is 9.52 Å². The van der Waals surface area contributed by atoms with Gasteiger partial charge >= 0.3 is 0 Å². The summed E-state index contributed by atoms with van der Waals surface area (Å²) in [4.78, 5) is 0. The molecule has 50 valence electrons. The molecule has 1 N–H and O–H groups in total. The second kappa shape index (κ2) is 2.90. The van der Waals surface area contributed by atoms with Crippen LogP contribution >= 0.6 is 11.6 Å². The normalized spacial score (nSPS) is 13.6. The summed E-state index contributed by atoms with van der Waals surface area (Å²) in [5.74, 6) is 0.693. The Bertz CT molecular complexity index is 160. The third kappa shape index (κ3) is 1.47. The lowest BCUT2D eigenvalue weighted by Crippen LogP contribution is -1.95.